The molecule has 0 aliphatic carbocycles. The minimum absolute atomic E-state index is 0.143. The molecular weight excluding hydrogens is 272 g/mol. The Bertz CT molecular complexity index is 498. The second-order valence-electron chi connectivity index (χ2n) is 6.35. The molecule has 1 aliphatic rings. The second-order valence-corrected chi connectivity index (χ2v) is 6.35. The fourth-order valence-electron chi connectivity index (χ4n) is 3.47. The predicted octanol–water partition coefficient (Wildman–Crippen LogP) is 4.15. The van der Waals surface area contributed by atoms with Gasteiger partial charge in [0.1, 0.15) is 0 Å². The molecule has 1 amide bonds. The molecule has 0 saturated carbocycles. The Kier molecular flexibility index (Phi) is 6.44. The minimum atomic E-state index is 0.143. The maximum atomic E-state index is 12.3. The summed E-state index contributed by atoms with van der Waals surface area (Å²) in [7, 11) is 0. The smallest absolute Gasteiger partial charge is 0.225 e. The summed E-state index contributed by atoms with van der Waals surface area (Å²) in [6.07, 6.45) is 6.63. The molecule has 1 fully saturated rings. The fraction of sp³-hybridized carbons (Fsp3) is 0.632. The molecule has 2 rings (SSSR count). The van der Waals surface area contributed by atoms with E-state index in [2.05, 4.69) is 49.2 Å². The van der Waals surface area contributed by atoms with Crippen molar-refractivity contribution in [3.05, 3.63) is 29.3 Å². The maximum Gasteiger partial charge on any atom is 0.225 e. The Labute approximate surface area is 135 Å². The monoisotopic (exact) mass is 302 g/mol. The van der Waals surface area contributed by atoms with Crippen molar-refractivity contribution in [3.8, 4) is 0 Å². The van der Waals surface area contributed by atoms with Crippen LogP contribution in [0.15, 0.2) is 18.2 Å². The van der Waals surface area contributed by atoms with Gasteiger partial charge in [0.2, 0.25) is 5.91 Å². The number of likely N-dealkylation sites (tertiary alicyclic amines) is 1. The standard InChI is InChI=1S/C19H30N2O/c1-4-16-10-8-9-15(3)19(16)20-18(22)12-14-21-13-7-6-11-17(21)5-2/h8-10,17H,4-7,11-14H2,1-3H3,(H,20,22). The van der Waals surface area contributed by atoms with E-state index in [0.29, 0.717) is 12.5 Å². The summed E-state index contributed by atoms with van der Waals surface area (Å²) < 4.78 is 0. The summed E-state index contributed by atoms with van der Waals surface area (Å²) in [6, 6.07) is 6.89. The molecule has 0 spiro atoms. The van der Waals surface area contributed by atoms with Crippen LogP contribution in [-0.2, 0) is 11.2 Å². The van der Waals surface area contributed by atoms with Gasteiger partial charge in [0.15, 0.2) is 0 Å². The Morgan fingerprint density at radius 3 is 2.86 bits per heavy atom. The number of nitrogens with zero attached hydrogens (tertiary/aromatic N) is 1. The molecule has 0 bridgehead atoms. The van der Waals surface area contributed by atoms with E-state index in [4.69, 9.17) is 0 Å². The zero-order valence-corrected chi connectivity index (χ0v) is 14.3. The van der Waals surface area contributed by atoms with Crippen molar-refractivity contribution < 1.29 is 4.79 Å². The van der Waals surface area contributed by atoms with Crippen LogP contribution in [0.5, 0.6) is 0 Å². The van der Waals surface area contributed by atoms with E-state index >= 15 is 0 Å². The number of nitrogens with one attached hydrogen (secondary N) is 1. The van der Waals surface area contributed by atoms with E-state index in [9.17, 15) is 4.79 Å². The summed E-state index contributed by atoms with van der Waals surface area (Å²) in [6.45, 7) is 8.48. The molecule has 122 valence electrons. The molecule has 1 unspecified atom stereocenters. The van der Waals surface area contributed by atoms with Crippen molar-refractivity contribution in [2.24, 2.45) is 0 Å². The number of anilines is 1. The predicted molar refractivity (Wildman–Crippen MR) is 93.3 cm³/mol. The number of carbonyl (C=O) groups excluding carboxylic acids is 1. The number of carbonyl (C=O) groups is 1. The number of para-hydroxylation sites is 1. The SMILES string of the molecule is CCc1cccc(C)c1NC(=O)CCN1CCCCC1CC. The van der Waals surface area contributed by atoms with Crippen molar-refractivity contribution in [2.45, 2.75) is 65.3 Å². The van der Waals surface area contributed by atoms with Crippen LogP contribution in [0, 0.1) is 6.92 Å². The molecule has 0 radical (unpaired) electrons. The lowest BCUT2D eigenvalue weighted by molar-refractivity contribution is -0.116. The average molecular weight is 302 g/mol. The van der Waals surface area contributed by atoms with Crippen LogP contribution in [0.1, 0.15) is 57.1 Å². The first-order valence-corrected chi connectivity index (χ1v) is 8.78. The maximum absolute atomic E-state index is 12.3. The van der Waals surface area contributed by atoms with Gasteiger partial charge in [-0.25, -0.2) is 0 Å². The van der Waals surface area contributed by atoms with Crippen molar-refractivity contribution in [3.63, 3.8) is 0 Å². The first-order chi connectivity index (χ1) is 10.7. The number of rotatable bonds is 6. The number of hydrogen-bond donors (Lipinski definition) is 1. The highest BCUT2D eigenvalue weighted by atomic mass is 16.1. The molecule has 3 nitrogen and oxygen atoms in total. The highest BCUT2D eigenvalue weighted by molar-refractivity contribution is 5.92. The molecule has 1 aliphatic heterocycles. The van der Waals surface area contributed by atoms with Crippen LogP contribution >= 0.6 is 0 Å². The third kappa shape index (κ3) is 4.33. The van der Waals surface area contributed by atoms with Crippen LogP contribution in [-0.4, -0.2) is 29.9 Å². The highest BCUT2D eigenvalue weighted by Crippen LogP contribution is 2.22. The molecule has 3 heteroatoms. The van der Waals surface area contributed by atoms with Gasteiger partial charge in [0, 0.05) is 24.7 Å². The van der Waals surface area contributed by atoms with Gasteiger partial charge in [-0.2, -0.15) is 0 Å². The topological polar surface area (TPSA) is 32.3 Å². The number of hydrogen-bond acceptors (Lipinski definition) is 2. The molecule has 1 saturated heterocycles. The number of aryl methyl sites for hydroxylation is 2. The second kappa shape index (κ2) is 8.33. The molecule has 1 atom stereocenters. The molecule has 1 heterocycles. The van der Waals surface area contributed by atoms with Crippen molar-refractivity contribution >= 4 is 11.6 Å². The molecule has 1 aromatic rings. The largest absolute Gasteiger partial charge is 0.326 e. The van der Waals surface area contributed by atoms with Crippen LogP contribution in [0.4, 0.5) is 5.69 Å². The summed E-state index contributed by atoms with van der Waals surface area (Å²) in [5.74, 6) is 0.143. The van der Waals surface area contributed by atoms with Crippen molar-refractivity contribution in [1.82, 2.24) is 4.90 Å². The van der Waals surface area contributed by atoms with Gasteiger partial charge < -0.3 is 5.32 Å². The van der Waals surface area contributed by atoms with E-state index in [1.54, 1.807) is 0 Å². The van der Waals surface area contributed by atoms with E-state index in [0.717, 1.165) is 30.8 Å². The van der Waals surface area contributed by atoms with Gasteiger partial charge in [-0.1, -0.05) is 38.5 Å². The van der Waals surface area contributed by atoms with Gasteiger partial charge in [-0.05, 0) is 50.3 Å². The third-order valence-electron chi connectivity index (χ3n) is 4.85. The van der Waals surface area contributed by atoms with Crippen LogP contribution in [0.3, 0.4) is 0 Å². The molecule has 0 aromatic heterocycles. The van der Waals surface area contributed by atoms with Crippen LogP contribution in [0.25, 0.3) is 0 Å². The summed E-state index contributed by atoms with van der Waals surface area (Å²) >= 11 is 0. The summed E-state index contributed by atoms with van der Waals surface area (Å²) in [5, 5.41) is 3.14. The lowest BCUT2D eigenvalue weighted by atomic mass is 10.00. The first-order valence-electron chi connectivity index (χ1n) is 8.78. The Balaban J connectivity index is 1.90. The lowest BCUT2D eigenvalue weighted by Crippen LogP contribution is -2.40. The van der Waals surface area contributed by atoms with Gasteiger partial charge in [-0.15, -0.1) is 0 Å². The Morgan fingerprint density at radius 1 is 1.32 bits per heavy atom. The average Bonchev–Trinajstić information content (AvgIpc) is 2.55. The number of piperidine rings is 1. The Morgan fingerprint density at radius 2 is 2.14 bits per heavy atom. The molecule has 1 aromatic carbocycles. The highest BCUT2D eigenvalue weighted by Gasteiger charge is 2.21. The van der Waals surface area contributed by atoms with E-state index in [-0.39, 0.29) is 5.91 Å². The van der Waals surface area contributed by atoms with E-state index in [1.165, 1.54) is 31.2 Å². The van der Waals surface area contributed by atoms with E-state index in [1.807, 2.05) is 0 Å². The summed E-state index contributed by atoms with van der Waals surface area (Å²) in [5.41, 5.74) is 3.38. The summed E-state index contributed by atoms with van der Waals surface area (Å²) in [4.78, 5) is 14.8. The van der Waals surface area contributed by atoms with Gasteiger partial charge >= 0.3 is 0 Å². The first kappa shape index (κ1) is 17.0. The minimum Gasteiger partial charge on any atom is -0.326 e. The molecular formula is C19H30N2O. The molecule has 22 heavy (non-hydrogen) atoms. The normalized spacial score (nSPS) is 19.1. The zero-order chi connectivity index (χ0) is 15.9. The van der Waals surface area contributed by atoms with Crippen molar-refractivity contribution in [2.75, 3.05) is 18.4 Å². The fourth-order valence-corrected chi connectivity index (χ4v) is 3.47. The van der Waals surface area contributed by atoms with Gasteiger partial charge in [-0.3, -0.25) is 9.69 Å². The number of benzene rings is 1. The Hall–Kier alpha value is -1.35. The van der Waals surface area contributed by atoms with Crippen LogP contribution < -0.4 is 5.32 Å². The van der Waals surface area contributed by atoms with E-state index < -0.39 is 0 Å². The zero-order valence-electron chi connectivity index (χ0n) is 14.3. The number of amides is 1. The van der Waals surface area contributed by atoms with Crippen molar-refractivity contribution in [1.29, 1.82) is 0 Å². The van der Waals surface area contributed by atoms with Gasteiger partial charge in [0.25, 0.3) is 0 Å². The van der Waals surface area contributed by atoms with Crippen LogP contribution in [0.2, 0.25) is 0 Å². The molecule has 1 N–H and O–H groups in total. The van der Waals surface area contributed by atoms with Gasteiger partial charge in [0.05, 0.1) is 0 Å². The quantitative estimate of drug-likeness (QED) is 0.856. The lowest BCUT2D eigenvalue weighted by Gasteiger charge is -2.35. The third-order valence-corrected chi connectivity index (χ3v) is 4.85.